The Hall–Kier alpha value is -1.17. The topological polar surface area (TPSA) is 66.8 Å². The van der Waals surface area contributed by atoms with Crippen molar-refractivity contribution in [2.45, 2.75) is 18.6 Å². The highest BCUT2D eigenvalue weighted by molar-refractivity contribution is 6.17. The highest BCUT2D eigenvalue weighted by Gasteiger charge is 2.22. The Morgan fingerprint density at radius 2 is 2.17 bits per heavy atom. The van der Waals surface area contributed by atoms with Crippen LogP contribution in [0.3, 0.4) is 0 Å². The van der Waals surface area contributed by atoms with E-state index in [4.69, 9.17) is 11.6 Å². The maximum atomic E-state index is 13.7. The normalized spacial score (nSPS) is 14.1. The molecular formula is C12H14ClFO4. The third kappa shape index (κ3) is 3.41. The molecule has 0 heterocycles. The summed E-state index contributed by atoms with van der Waals surface area (Å²) in [5.41, 5.74) is -0.0435. The minimum atomic E-state index is -1.38. The van der Waals surface area contributed by atoms with Gasteiger partial charge in [-0.25, -0.2) is 9.18 Å². The Labute approximate surface area is 109 Å². The van der Waals surface area contributed by atoms with Gasteiger partial charge in [-0.15, -0.1) is 11.6 Å². The molecule has 0 aliphatic carbocycles. The molecule has 2 unspecified atom stereocenters. The number of carbonyl (C=O) groups excluding carboxylic acids is 1. The van der Waals surface area contributed by atoms with E-state index in [9.17, 15) is 19.4 Å². The lowest BCUT2D eigenvalue weighted by Crippen LogP contribution is -2.20. The third-order valence-corrected chi connectivity index (χ3v) is 2.73. The molecule has 0 bridgehead atoms. The number of carbonyl (C=O) groups is 1. The second-order valence-electron chi connectivity index (χ2n) is 3.72. The summed E-state index contributed by atoms with van der Waals surface area (Å²) in [4.78, 5) is 11.2. The largest absolute Gasteiger partial charge is 0.465 e. The van der Waals surface area contributed by atoms with E-state index in [0.717, 1.165) is 6.07 Å². The third-order valence-electron chi connectivity index (χ3n) is 2.51. The van der Waals surface area contributed by atoms with E-state index >= 15 is 0 Å². The summed E-state index contributed by atoms with van der Waals surface area (Å²) in [5, 5.41) is 19.3. The molecule has 0 aliphatic rings. The van der Waals surface area contributed by atoms with Crippen LogP contribution in [0.25, 0.3) is 0 Å². The van der Waals surface area contributed by atoms with Crippen LogP contribution in [0.4, 0.5) is 4.39 Å². The van der Waals surface area contributed by atoms with Gasteiger partial charge < -0.3 is 14.9 Å². The molecule has 100 valence electrons. The van der Waals surface area contributed by atoms with Gasteiger partial charge in [0.25, 0.3) is 0 Å². The molecule has 0 amide bonds. The fourth-order valence-corrected chi connectivity index (χ4v) is 1.71. The van der Waals surface area contributed by atoms with Crippen LogP contribution in [0.5, 0.6) is 0 Å². The summed E-state index contributed by atoms with van der Waals surface area (Å²) in [6, 6.07) is 3.52. The first-order valence-corrected chi connectivity index (χ1v) is 5.84. The molecule has 4 nitrogen and oxygen atoms in total. The standard InChI is InChI=1S/C12H14ClFO4/c1-18-12(17)7-2-3-8(9(14)6-7)11(16)10(15)4-5-13/h2-3,6,10-11,15-16H,4-5H2,1H3. The van der Waals surface area contributed by atoms with Gasteiger partial charge in [0.2, 0.25) is 0 Å². The van der Waals surface area contributed by atoms with E-state index in [2.05, 4.69) is 4.74 Å². The van der Waals surface area contributed by atoms with Crippen LogP contribution in [-0.2, 0) is 4.74 Å². The van der Waals surface area contributed by atoms with Crippen LogP contribution >= 0.6 is 11.6 Å². The molecule has 0 spiro atoms. The summed E-state index contributed by atoms with van der Waals surface area (Å²) in [6.07, 6.45) is -2.39. The minimum absolute atomic E-state index is 0.0396. The Balaban J connectivity index is 2.94. The number of rotatable bonds is 5. The van der Waals surface area contributed by atoms with Crippen molar-refractivity contribution in [3.05, 3.63) is 35.1 Å². The molecule has 0 saturated heterocycles. The molecule has 2 N–H and O–H groups in total. The summed E-state index contributed by atoms with van der Waals surface area (Å²) >= 11 is 5.43. The lowest BCUT2D eigenvalue weighted by molar-refractivity contribution is 0.0149. The molecule has 1 aromatic rings. The van der Waals surface area contributed by atoms with Gasteiger partial charge >= 0.3 is 5.97 Å². The number of hydrogen-bond donors (Lipinski definition) is 2. The maximum absolute atomic E-state index is 13.7. The first kappa shape index (κ1) is 14.9. The molecule has 0 saturated carbocycles. The van der Waals surface area contributed by atoms with Gasteiger partial charge in [0.05, 0.1) is 18.8 Å². The Morgan fingerprint density at radius 1 is 1.50 bits per heavy atom. The fourth-order valence-electron chi connectivity index (χ4n) is 1.49. The number of methoxy groups -OCH3 is 1. The summed E-state index contributed by atoms with van der Waals surface area (Å²) in [7, 11) is 1.19. The van der Waals surface area contributed by atoms with E-state index in [1.165, 1.54) is 19.2 Å². The fraction of sp³-hybridized carbons (Fsp3) is 0.417. The second kappa shape index (κ2) is 6.68. The molecule has 2 atom stereocenters. The van der Waals surface area contributed by atoms with Gasteiger partial charge in [0.1, 0.15) is 11.9 Å². The van der Waals surface area contributed by atoms with Gasteiger partial charge in [-0.2, -0.15) is 0 Å². The molecule has 0 aromatic heterocycles. The molecule has 18 heavy (non-hydrogen) atoms. The number of alkyl halides is 1. The number of aliphatic hydroxyl groups is 2. The highest BCUT2D eigenvalue weighted by atomic mass is 35.5. The first-order chi connectivity index (χ1) is 8.51. The van der Waals surface area contributed by atoms with E-state index in [1.54, 1.807) is 0 Å². The number of esters is 1. The van der Waals surface area contributed by atoms with Crippen molar-refractivity contribution >= 4 is 17.6 Å². The molecule has 1 aromatic carbocycles. The number of ether oxygens (including phenoxy) is 1. The average Bonchev–Trinajstić information content (AvgIpc) is 2.37. The van der Waals surface area contributed by atoms with Crippen molar-refractivity contribution in [1.82, 2.24) is 0 Å². The summed E-state index contributed by atoms with van der Waals surface area (Å²) < 4.78 is 18.1. The van der Waals surface area contributed by atoms with Gasteiger partial charge in [0, 0.05) is 11.4 Å². The van der Waals surface area contributed by atoms with Crippen LogP contribution in [0.15, 0.2) is 18.2 Å². The van der Waals surface area contributed by atoms with E-state index in [0.29, 0.717) is 0 Å². The summed E-state index contributed by atoms with van der Waals surface area (Å²) in [5.74, 6) is -1.30. The summed E-state index contributed by atoms with van der Waals surface area (Å²) in [6.45, 7) is 0. The molecular weight excluding hydrogens is 263 g/mol. The van der Waals surface area contributed by atoms with E-state index in [1.807, 2.05) is 0 Å². The van der Waals surface area contributed by atoms with Gasteiger partial charge in [0.15, 0.2) is 0 Å². The zero-order valence-electron chi connectivity index (χ0n) is 9.77. The smallest absolute Gasteiger partial charge is 0.337 e. The molecule has 0 aliphatic heterocycles. The lowest BCUT2D eigenvalue weighted by Gasteiger charge is -2.18. The monoisotopic (exact) mass is 276 g/mol. The molecule has 0 fully saturated rings. The molecule has 1 rings (SSSR count). The Morgan fingerprint density at radius 3 is 2.67 bits per heavy atom. The van der Waals surface area contributed by atoms with Gasteiger partial charge in [-0.3, -0.25) is 0 Å². The van der Waals surface area contributed by atoms with Crippen molar-refractivity contribution in [2.75, 3.05) is 13.0 Å². The van der Waals surface area contributed by atoms with Crippen molar-refractivity contribution in [2.24, 2.45) is 0 Å². The number of hydrogen-bond acceptors (Lipinski definition) is 4. The van der Waals surface area contributed by atoms with Crippen molar-refractivity contribution in [3.63, 3.8) is 0 Å². The van der Waals surface area contributed by atoms with Crippen molar-refractivity contribution < 1.29 is 24.1 Å². The zero-order valence-corrected chi connectivity index (χ0v) is 10.5. The van der Waals surface area contributed by atoms with Crippen LogP contribution < -0.4 is 0 Å². The Kier molecular flexibility index (Phi) is 5.53. The van der Waals surface area contributed by atoms with Gasteiger partial charge in [-0.1, -0.05) is 6.07 Å². The van der Waals surface area contributed by atoms with Crippen molar-refractivity contribution in [1.29, 1.82) is 0 Å². The molecule has 0 radical (unpaired) electrons. The minimum Gasteiger partial charge on any atom is -0.465 e. The zero-order chi connectivity index (χ0) is 13.7. The first-order valence-electron chi connectivity index (χ1n) is 5.31. The highest BCUT2D eigenvalue weighted by Crippen LogP contribution is 2.23. The Bertz CT molecular complexity index is 425. The quantitative estimate of drug-likeness (QED) is 0.634. The van der Waals surface area contributed by atoms with Crippen LogP contribution in [0.2, 0.25) is 0 Å². The predicted molar refractivity (Wildman–Crippen MR) is 64.0 cm³/mol. The second-order valence-corrected chi connectivity index (χ2v) is 4.10. The van der Waals surface area contributed by atoms with Crippen LogP contribution in [0.1, 0.15) is 28.4 Å². The van der Waals surface area contributed by atoms with Crippen LogP contribution in [-0.4, -0.2) is 35.3 Å². The SMILES string of the molecule is COC(=O)c1ccc(C(O)C(O)CCCl)c(F)c1. The van der Waals surface area contributed by atoms with Crippen molar-refractivity contribution in [3.8, 4) is 0 Å². The number of benzene rings is 1. The predicted octanol–water partition coefficient (Wildman–Crippen LogP) is 1.64. The maximum Gasteiger partial charge on any atom is 0.337 e. The molecule has 6 heteroatoms. The number of halogens is 2. The van der Waals surface area contributed by atoms with E-state index < -0.39 is 24.0 Å². The van der Waals surface area contributed by atoms with Gasteiger partial charge in [-0.05, 0) is 18.6 Å². The number of aliphatic hydroxyl groups excluding tert-OH is 2. The lowest BCUT2D eigenvalue weighted by atomic mass is 10.0. The van der Waals surface area contributed by atoms with Crippen LogP contribution in [0, 0.1) is 5.82 Å². The van der Waals surface area contributed by atoms with E-state index in [-0.39, 0.29) is 23.4 Å². The average molecular weight is 277 g/mol.